The molecule has 2 heteroatoms. The molecular formula is C14H21NO. The third kappa shape index (κ3) is 4.49. The molecule has 16 heavy (non-hydrogen) atoms. The van der Waals surface area contributed by atoms with Crippen molar-refractivity contribution in [1.82, 2.24) is 0 Å². The number of ether oxygens (including phenoxy) is 1. The van der Waals surface area contributed by atoms with Crippen LogP contribution in [0.1, 0.15) is 25.3 Å². The Labute approximate surface area is 98.1 Å². The van der Waals surface area contributed by atoms with Crippen LogP contribution in [0.15, 0.2) is 35.9 Å². The van der Waals surface area contributed by atoms with Crippen LogP contribution >= 0.6 is 0 Å². The summed E-state index contributed by atoms with van der Waals surface area (Å²) in [4.78, 5) is 0. The molecule has 2 nitrogen and oxygen atoms in total. The van der Waals surface area contributed by atoms with Gasteiger partial charge in [-0.05, 0) is 50.4 Å². The molecule has 0 fully saturated rings. The molecular weight excluding hydrogens is 198 g/mol. The predicted molar refractivity (Wildman–Crippen MR) is 68.7 cm³/mol. The highest BCUT2D eigenvalue weighted by molar-refractivity contribution is 5.27. The Kier molecular flexibility index (Phi) is 5.65. The zero-order chi connectivity index (χ0) is 11.8. The van der Waals surface area contributed by atoms with E-state index in [0.717, 1.165) is 31.6 Å². The Morgan fingerprint density at radius 2 is 2.00 bits per heavy atom. The van der Waals surface area contributed by atoms with E-state index in [1.54, 1.807) is 7.11 Å². The maximum atomic E-state index is 5.46. The Morgan fingerprint density at radius 1 is 1.31 bits per heavy atom. The van der Waals surface area contributed by atoms with Gasteiger partial charge in [-0.3, -0.25) is 0 Å². The molecule has 0 radical (unpaired) electrons. The second-order valence-electron chi connectivity index (χ2n) is 3.98. The smallest absolute Gasteiger partial charge is 0.118 e. The molecule has 1 rings (SSSR count). The van der Waals surface area contributed by atoms with Gasteiger partial charge in [0.2, 0.25) is 0 Å². The van der Waals surface area contributed by atoms with Gasteiger partial charge in [-0.2, -0.15) is 0 Å². The minimum atomic E-state index is 0.736. The number of aryl methyl sites for hydroxylation is 1. The summed E-state index contributed by atoms with van der Waals surface area (Å²) in [5.74, 6) is 0.916. The van der Waals surface area contributed by atoms with Gasteiger partial charge in [-0.1, -0.05) is 23.8 Å². The van der Waals surface area contributed by atoms with Crippen molar-refractivity contribution in [3.8, 4) is 5.75 Å². The molecule has 1 aromatic carbocycles. The Morgan fingerprint density at radius 3 is 2.56 bits per heavy atom. The van der Waals surface area contributed by atoms with Crippen LogP contribution < -0.4 is 10.5 Å². The summed E-state index contributed by atoms with van der Waals surface area (Å²) in [7, 11) is 1.69. The van der Waals surface area contributed by atoms with E-state index >= 15 is 0 Å². The van der Waals surface area contributed by atoms with Crippen molar-refractivity contribution in [2.75, 3.05) is 13.7 Å². The Hall–Kier alpha value is -1.28. The van der Waals surface area contributed by atoms with Gasteiger partial charge >= 0.3 is 0 Å². The molecule has 0 bridgehead atoms. The molecule has 1 aromatic rings. The van der Waals surface area contributed by atoms with Crippen LogP contribution in [0.5, 0.6) is 5.75 Å². The summed E-state index contributed by atoms with van der Waals surface area (Å²) < 4.78 is 5.12. The summed E-state index contributed by atoms with van der Waals surface area (Å²) in [6.07, 6.45) is 5.39. The van der Waals surface area contributed by atoms with E-state index in [4.69, 9.17) is 10.5 Å². The summed E-state index contributed by atoms with van der Waals surface area (Å²) in [6, 6.07) is 8.26. The number of methoxy groups -OCH3 is 1. The maximum absolute atomic E-state index is 5.46. The van der Waals surface area contributed by atoms with Crippen LogP contribution in [-0.4, -0.2) is 13.7 Å². The summed E-state index contributed by atoms with van der Waals surface area (Å²) >= 11 is 0. The third-order valence-corrected chi connectivity index (χ3v) is 2.63. The second-order valence-corrected chi connectivity index (χ2v) is 3.98. The lowest BCUT2D eigenvalue weighted by Gasteiger charge is -2.04. The Balaban J connectivity index is 2.42. The molecule has 0 aliphatic carbocycles. The SMILES string of the molecule is COc1ccc(CCC(C)=CCCN)cc1. The quantitative estimate of drug-likeness (QED) is 0.747. The van der Waals surface area contributed by atoms with Gasteiger partial charge in [0.1, 0.15) is 5.75 Å². The predicted octanol–water partition coefficient (Wildman–Crippen LogP) is 2.92. The van der Waals surface area contributed by atoms with Crippen LogP contribution in [-0.2, 0) is 6.42 Å². The number of hydrogen-bond donors (Lipinski definition) is 1. The number of hydrogen-bond acceptors (Lipinski definition) is 2. The highest BCUT2D eigenvalue weighted by Crippen LogP contribution is 2.14. The minimum absolute atomic E-state index is 0.736. The van der Waals surface area contributed by atoms with E-state index in [-0.39, 0.29) is 0 Å². The van der Waals surface area contributed by atoms with Crippen molar-refractivity contribution >= 4 is 0 Å². The zero-order valence-corrected chi connectivity index (χ0v) is 10.2. The van der Waals surface area contributed by atoms with E-state index in [0.29, 0.717) is 0 Å². The summed E-state index contributed by atoms with van der Waals surface area (Å²) in [5, 5.41) is 0. The van der Waals surface area contributed by atoms with Crippen molar-refractivity contribution in [1.29, 1.82) is 0 Å². The van der Waals surface area contributed by atoms with E-state index in [1.807, 2.05) is 12.1 Å². The van der Waals surface area contributed by atoms with Gasteiger partial charge in [0.15, 0.2) is 0 Å². The highest BCUT2D eigenvalue weighted by atomic mass is 16.5. The van der Waals surface area contributed by atoms with Gasteiger partial charge in [0.25, 0.3) is 0 Å². The first-order chi connectivity index (χ1) is 7.76. The first-order valence-electron chi connectivity index (χ1n) is 5.75. The Bertz CT molecular complexity index is 327. The molecule has 88 valence electrons. The van der Waals surface area contributed by atoms with Crippen molar-refractivity contribution in [2.45, 2.75) is 26.2 Å². The lowest BCUT2D eigenvalue weighted by Crippen LogP contribution is -1.96. The molecule has 0 spiro atoms. The largest absolute Gasteiger partial charge is 0.497 e. The van der Waals surface area contributed by atoms with Crippen LogP contribution in [0.3, 0.4) is 0 Å². The minimum Gasteiger partial charge on any atom is -0.497 e. The molecule has 0 saturated carbocycles. The fourth-order valence-electron chi connectivity index (χ4n) is 1.57. The van der Waals surface area contributed by atoms with Crippen molar-refractivity contribution in [3.63, 3.8) is 0 Å². The van der Waals surface area contributed by atoms with Gasteiger partial charge in [0.05, 0.1) is 7.11 Å². The topological polar surface area (TPSA) is 35.2 Å². The maximum Gasteiger partial charge on any atom is 0.118 e. The fraction of sp³-hybridized carbons (Fsp3) is 0.429. The normalized spacial score (nSPS) is 11.6. The second kappa shape index (κ2) is 7.07. The number of benzene rings is 1. The van der Waals surface area contributed by atoms with E-state index in [1.165, 1.54) is 11.1 Å². The zero-order valence-electron chi connectivity index (χ0n) is 10.2. The highest BCUT2D eigenvalue weighted by Gasteiger charge is 1.95. The first kappa shape index (κ1) is 12.8. The van der Waals surface area contributed by atoms with Crippen LogP contribution in [0.4, 0.5) is 0 Å². The number of allylic oxidation sites excluding steroid dienone is 1. The third-order valence-electron chi connectivity index (χ3n) is 2.63. The number of nitrogens with two attached hydrogens (primary N) is 1. The molecule has 0 unspecified atom stereocenters. The number of rotatable bonds is 6. The molecule has 0 saturated heterocycles. The molecule has 0 aliphatic heterocycles. The van der Waals surface area contributed by atoms with E-state index < -0.39 is 0 Å². The van der Waals surface area contributed by atoms with Crippen molar-refractivity contribution in [2.24, 2.45) is 5.73 Å². The van der Waals surface area contributed by atoms with Gasteiger partial charge in [-0.15, -0.1) is 0 Å². The summed E-state index contributed by atoms with van der Waals surface area (Å²) in [5.41, 5.74) is 8.22. The molecule has 0 aromatic heterocycles. The average molecular weight is 219 g/mol. The van der Waals surface area contributed by atoms with Crippen LogP contribution in [0, 0.1) is 0 Å². The van der Waals surface area contributed by atoms with Gasteiger partial charge in [-0.25, -0.2) is 0 Å². The van der Waals surface area contributed by atoms with Crippen molar-refractivity contribution in [3.05, 3.63) is 41.5 Å². The monoisotopic (exact) mass is 219 g/mol. The van der Waals surface area contributed by atoms with Crippen LogP contribution in [0.2, 0.25) is 0 Å². The van der Waals surface area contributed by atoms with Gasteiger partial charge in [0, 0.05) is 0 Å². The average Bonchev–Trinajstić information content (AvgIpc) is 2.34. The van der Waals surface area contributed by atoms with Crippen molar-refractivity contribution < 1.29 is 4.74 Å². The molecule has 0 aliphatic rings. The lowest BCUT2D eigenvalue weighted by molar-refractivity contribution is 0.414. The molecule has 2 N–H and O–H groups in total. The fourth-order valence-corrected chi connectivity index (χ4v) is 1.57. The standard InChI is InChI=1S/C14H21NO/c1-12(4-3-11-15)5-6-13-7-9-14(16-2)10-8-13/h4,7-10H,3,5-6,11,15H2,1-2H3. The van der Waals surface area contributed by atoms with Crippen LogP contribution in [0.25, 0.3) is 0 Å². The molecule has 0 amide bonds. The molecule has 0 heterocycles. The lowest BCUT2D eigenvalue weighted by atomic mass is 10.0. The first-order valence-corrected chi connectivity index (χ1v) is 5.75. The van der Waals surface area contributed by atoms with Gasteiger partial charge < -0.3 is 10.5 Å². The summed E-state index contributed by atoms with van der Waals surface area (Å²) in [6.45, 7) is 2.90. The van der Waals surface area contributed by atoms with E-state index in [2.05, 4.69) is 25.1 Å². The van der Waals surface area contributed by atoms with E-state index in [9.17, 15) is 0 Å². The molecule has 0 atom stereocenters.